The Balaban J connectivity index is 2.46. The zero-order valence-electron chi connectivity index (χ0n) is 4.92. The third kappa shape index (κ3) is 0.428. The normalized spacial score (nSPS) is 37.8. The van der Waals surface area contributed by atoms with Crippen LogP contribution in [-0.4, -0.2) is 11.9 Å². The Morgan fingerprint density at radius 1 is 1.56 bits per heavy atom. The fourth-order valence-electron chi connectivity index (χ4n) is 1.30. The van der Waals surface area contributed by atoms with Gasteiger partial charge in [0.15, 0.2) is 0 Å². The van der Waals surface area contributed by atoms with Gasteiger partial charge >= 0.3 is 0 Å². The minimum absolute atomic E-state index is 0.0185. The number of hydrogen-bond acceptors (Lipinski definition) is 1. The summed E-state index contributed by atoms with van der Waals surface area (Å²) >= 11 is 0. The van der Waals surface area contributed by atoms with Crippen LogP contribution < -0.4 is 5.32 Å². The zero-order valence-corrected chi connectivity index (χ0v) is 4.92. The van der Waals surface area contributed by atoms with E-state index in [1.54, 1.807) is 0 Å². The summed E-state index contributed by atoms with van der Waals surface area (Å²) in [5.41, 5.74) is 1.00. The van der Waals surface area contributed by atoms with Crippen molar-refractivity contribution < 1.29 is 4.79 Å². The first kappa shape index (κ1) is 4.79. The molecule has 0 radical (unpaired) electrons. The van der Waals surface area contributed by atoms with Crippen molar-refractivity contribution in [3.05, 3.63) is 24.3 Å². The minimum Gasteiger partial charge on any atom is -0.345 e. The number of nitrogens with one attached hydrogen (secondary N) is 1. The van der Waals surface area contributed by atoms with Gasteiger partial charge in [0.25, 0.3) is 0 Å². The van der Waals surface area contributed by atoms with Crippen LogP contribution >= 0.6 is 0 Å². The van der Waals surface area contributed by atoms with Gasteiger partial charge in [-0.25, -0.2) is 0 Å². The van der Waals surface area contributed by atoms with Gasteiger partial charge in [-0.05, 0) is 5.57 Å². The maximum atomic E-state index is 10.8. The fourth-order valence-corrected chi connectivity index (χ4v) is 1.30. The molecule has 0 spiro atoms. The van der Waals surface area contributed by atoms with E-state index in [-0.39, 0.29) is 17.9 Å². The van der Waals surface area contributed by atoms with E-state index < -0.39 is 0 Å². The van der Waals surface area contributed by atoms with Crippen LogP contribution in [0.3, 0.4) is 0 Å². The molecule has 1 aliphatic heterocycles. The Kier molecular flexibility index (Phi) is 0.673. The second-order valence-corrected chi connectivity index (χ2v) is 2.42. The molecular weight excluding hydrogens is 114 g/mol. The van der Waals surface area contributed by atoms with Gasteiger partial charge in [0.05, 0.1) is 12.0 Å². The number of fused-ring (bicyclic) bond motifs is 2. The molecule has 46 valence electrons. The van der Waals surface area contributed by atoms with Crippen LogP contribution in [0.4, 0.5) is 0 Å². The summed E-state index contributed by atoms with van der Waals surface area (Å²) in [6, 6.07) is 0.141. The average molecular weight is 121 g/mol. The Hall–Kier alpha value is -1.05. The van der Waals surface area contributed by atoms with Gasteiger partial charge < -0.3 is 5.32 Å². The van der Waals surface area contributed by atoms with E-state index in [4.69, 9.17) is 0 Å². The third-order valence-corrected chi connectivity index (χ3v) is 1.88. The molecule has 2 aliphatic rings. The molecule has 2 heteroatoms. The number of amides is 1. The smallest absolute Gasteiger partial charge is 0.231 e. The van der Waals surface area contributed by atoms with Crippen molar-refractivity contribution in [3.63, 3.8) is 0 Å². The molecule has 1 aliphatic carbocycles. The molecule has 1 heterocycles. The molecule has 1 N–H and O–H groups in total. The van der Waals surface area contributed by atoms with Crippen molar-refractivity contribution >= 4 is 5.91 Å². The lowest BCUT2D eigenvalue weighted by atomic mass is 10.1. The number of carbonyl (C=O) groups is 1. The van der Waals surface area contributed by atoms with Crippen LogP contribution in [0.2, 0.25) is 0 Å². The fraction of sp³-hybridized carbons (Fsp3) is 0.286. The van der Waals surface area contributed by atoms with Crippen LogP contribution in [0, 0.1) is 5.92 Å². The second-order valence-electron chi connectivity index (χ2n) is 2.42. The average Bonchev–Trinajstić information content (AvgIpc) is 2.25. The van der Waals surface area contributed by atoms with E-state index in [0.29, 0.717) is 0 Å². The summed E-state index contributed by atoms with van der Waals surface area (Å²) in [5, 5.41) is 2.78. The molecule has 2 bridgehead atoms. The third-order valence-electron chi connectivity index (χ3n) is 1.88. The summed E-state index contributed by atoms with van der Waals surface area (Å²) in [6.07, 6.45) is 3.89. The number of rotatable bonds is 0. The first-order valence-corrected chi connectivity index (χ1v) is 2.96. The van der Waals surface area contributed by atoms with Gasteiger partial charge in [0.1, 0.15) is 0 Å². The second kappa shape index (κ2) is 1.26. The quantitative estimate of drug-likeness (QED) is 0.456. The van der Waals surface area contributed by atoms with E-state index in [2.05, 4.69) is 11.9 Å². The molecule has 2 nitrogen and oxygen atoms in total. The molecule has 0 aromatic carbocycles. The predicted octanol–water partition coefficient (Wildman–Crippen LogP) is 0.227. The molecular formula is C7H7NO. The molecule has 0 saturated carbocycles. The molecule has 0 aromatic heterocycles. The van der Waals surface area contributed by atoms with E-state index >= 15 is 0 Å². The summed E-state index contributed by atoms with van der Waals surface area (Å²) in [5.74, 6) is 0.0856. The van der Waals surface area contributed by atoms with Crippen LogP contribution in [0.5, 0.6) is 0 Å². The first-order valence-electron chi connectivity index (χ1n) is 2.96. The molecule has 2 atom stereocenters. The summed E-state index contributed by atoms with van der Waals surface area (Å²) in [7, 11) is 0. The first-order chi connectivity index (χ1) is 4.29. The van der Waals surface area contributed by atoms with E-state index in [1.165, 1.54) is 0 Å². The maximum absolute atomic E-state index is 10.8. The molecule has 1 fully saturated rings. The lowest BCUT2D eigenvalue weighted by Gasteiger charge is -2.01. The Morgan fingerprint density at radius 3 is 2.56 bits per heavy atom. The highest BCUT2D eigenvalue weighted by atomic mass is 16.2. The van der Waals surface area contributed by atoms with Gasteiger partial charge in [-0.15, -0.1) is 0 Å². The van der Waals surface area contributed by atoms with E-state index in [0.717, 1.165) is 5.57 Å². The maximum Gasteiger partial charge on any atom is 0.231 e. The molecule has 1 amide bonds. The zero-order chi connectivity index (χ0) is 6.43. The lowest BCUT2D eigenvalue weighted by Crippen LogP contribution is -2.27. The molecule has 0 unspecified atom stereocenters. The monoisotopic (exact) mass is 121 g/mol. The van der Waals surface area contributed by atoms with Crippen molar-refractivity contribution in [3.8, 4) is 0 Å². The van der Waals surface area contributed by atoms with Crippen molar-refractivity contribution in [2.45, 2.75) is 6.04 Å². The Morgan fingerprint density at radius 2 is 2.33 bits per heavy atom. The van der Waals surface area contributed by atoms with Crippen molar-refractivity contribution in [2.24, 2.45) is 5.92 Å². The predicted molar refractivity (Wildman–Crippen MR) is 33.7 cm³/mol. The van der Waals surface area contributed by atoms with Gasteiger partial charge in [0.2, 0.25) is 5.91 Å². The van der Waals surface area contributed by atoms with Gasteiger partial charge in [-0.2, -0.15) is 0 Å². The molecule has 2 rings (SSSR count). The van der Waals surface area contributed by atoms with Gasteiger partial charge in [-0.1, -0.05) is 18.7 Å². The van der Waals surface area contributed by atoms with Crippen molar-refractivity contribution in [2.75, 3.05) is 0 Å². The summed E-state index contributed by atoms with van der Waals surface area (Å²) < 4.78 is 0. The number of hydrogen-bond donors (Lipinski definition) is 1. The molecule has 0 aromatic rings. The van der Waals surface area contributed by atoms with Gasteiger partial charge in [0, 0.05) is 0 Å². The van der Waals surface area contributed by atoms with Gasteiger partial charge in [-0.3, -0.25) is 4.79 Å². The van der Waals surface area contributed by atoms with Crippen LogP contribution in [0.1, 0.15) is 0 Å². The highest BCUT2D eigenvalue weighted by molar-refractivity contribution is 5.90. The Labute approximate surface area is 53.2 Å². The Bertz CT molecular complexity index is 217. The molecule has 1 saturated heterocycles. The standard InChI is InChI=1S/C7H7NO/c1-4-5-2-3-6(4)8-7(5)9/h2-3,5-6H,1H2,(H,8,9)/t5-,6+/m1/s1. The number of carbonyl (C=O) groups excluding carboxylic acids is 1. The van der Waals surface area contributed by atoms with Crippen LogP contribution in [0.15, 0.2) is 24.3 Å². The molecule has 9 heavy (non-hydrogen) atoms. The van der Waals surface area contributed by atoms with E-state index in [1.807, 2.05) is 12.2 Å². The lowest BCUT2D eigenvalue weighted by molar-refractivity contribution is -0.121. The topological polar surface area (TPSA) is 29.1 Å². The largest absolute Gasteiger partial charge is 0.345 e. The summed E-state index contributed by atoms with van der Waals surface area (Å²) in [4.78, 5) is 10.8. The van der Waals surface area contributed by atoms with Crippen molar-refractivity contribution in [1.82, 2.24) is 5.32 Å². The highest BCUT2D eigenvalue weighted by Crippen LogP contribution is 2.29. The SMILES string of the molecule is C=C1[C@H]2C=C[C@@H]1NC2=O. The highest BCUT2D eigenvalue weighted by Gasteiger charge is 2.36. The van der Waals surface area contributed by atoms with Crippen LogP contribution in [0.25, 0.3) is 0 Å². The summed E-state index contributed by atoms with van der Waals surface area (Å²) in [6.45, 7) is 3.78. The van der Waals surface area contributed by atoms with Crippen LogP contribution in [-0.2, 0) is 4.79 Å². The van der Waals surface area contributed by atoms with E-state index in [9.17, 15) is 4.79 Å². The minimum atomic E-state index is -0.0185. The van der Waals surface area contributed by atoms with Crippen molar-refractivity contribution in [1.29, 1.82) is 0 Å².